The van der Waals surface area contributed by atoms with Crippen molar-refractivity contribution in [2.24, 2.45) is 0 Å². The van der Waals surface area contributed by atoms with Crippen LogP contribution in [0.3, 0.4) is 0 Å². The Balaban J connectivity index is 1.85. The Hall–Kier alpha value is -3.95. The van der Waals surface area contributed by atoms with Crippen LogP contribution in [-0.2, 0) is 14.3 Å². The van der Waals surface area contributed by atoms with Crippen LogP contribution in [-0.4, -0.2) is 41.0 Å². The number of halogens is 1. The van der Waals surface area contributed by atoms with Gasteiger partial charge in [0, 0.05) is 10.6 Å². The number of nitrogens with zero attached hydrogens (tertiary/aromatic N) is 2. The molecule has 1 fully saturated rings. The summed E-state index contributed by atoms with van der Waals surface area (Å²) in [7, 11) is 0. The average molecular weight is 567 g/mol. The summed E-state index contributed by atoms with van der Waals surface area (Å²) in [6.07, 6.45) is 2.29. The molecule has 2 aromatic carbocycles. The molecule has 1 atom stereocenters. The number of aliphatic hydroxyl groups is 1. The molecule has 8 nitrogen and oxygen atoms in total. The molecule has 1 N–H and O–H groups in total. The van der Waals surface area contributed by atoms with Gasteiger partial charge in [0.1, 0.15) is 23.0 Å². The van der Waals surface area contributed by atoms with Gasteiger partial charge in [-0.15, -0.1) is 0 Å². The van der Waals surface area contributed by atoms with Crippen molar-refractivity contribution < 1.29 is 29.0 Å². The summed E-state index contributed by atoms with van der Waals surface area (Å²) in [5.41, 5.74) is 1.90. The lowest BCUT2D eigenvalue weighted by Crippen LogP contribution is -2.29. The summed E-state index contributed by atoms with van der Waals surface area (Å²) in [4.78, 5) is 45.2. The molecule has 0 spiro atoms. The van der Waals surface area contributed by atoms with E-state index in [0.717, 1.165) is 23.3 Å². The molecular formula is C29H27ClN2O6S. The van der Waals surface area contributed by atoms with Crippen molar-refractivity contribution >= 4 is 51.5 Å². The topological polar surface area (TPSA) is 106 Å². The molecule has 39 heavy (non-hydrogen) atoms. The van der Waals surface area contributed by atoms with Gasteiger partial charge in [0.15, 0.2) is 5.13 Å². The fourth-order valence-corrected chi connectivity index (χ4v) is 5.30. The van der Waals surface area contributed by atoms with Gasteiger partial charge in [0.2, 0.25) is 0 Å². The van der Waals surface area contributed by atoms with E-state index in [1.807, 2.05) is 13.8 Å². The van der Waals surface area contributed by atoms with Gasteiger partial charge in [0.25, 0.3) is 5.78 Å². The number of hydrogen-bond acceptors (Lipinski definition) is 8. The Bertz CT molecular complexity index is 1480. The van der Waals surface area contributed by atoms with Crippen LogP contribution in [0.4, 0.5) is 5.13 Å². The monoisotopic (exact) mass is 566 g/mol. The van der Waals surface area contributed by atoms with Crippen LogP contribution in [0.25, 0.3) is 5.76 Å². The first-order valence-electron chi connectivity index (χ1n) is 12.2. The van der Waals surface area contributed by atoms with Gasteiger partial charge in [-0.1, -0.05) is 54.6 Å². The Morgan fingerprint density at radius 1 is 1.21 bits per heavy atom. The maximum Gasteiger partial charge on any atom is 0.350 e. The van der Waals surface area contributed by atoms with Gasteiger partial charge in [-0.05, 0) is 61.7 Å². The lowest BCUT2D eigenvalue weighted by atomic mass is 9.95. The van der Waals surface area contributed by atoms with E-state index in [2.05, 4.69) is 11.6 Å². The van der Waals surface area contributed by atoms with E-state index in [-0.39, 0.29) is 27.9 Å². The van der Waals surface area contributed by atoms with Crippen LogP contribution in [0.1, 0.15) is 51.4 Å². The number of rotatable bonds is 9. The predicted molar refractivity (Wildman–Crippen MR) is 151 cm³/mol. The number of Topliss-reactive ketones (excluding diaryl/α,β-unsaturated/α-hetero) is 1. The van der Waals surface area contributed by atoms with Crippen molar-refractivity contribution in [2.75, 3.05) is 18.1 Å². The lowest BCUT2D eigenvalue weighted by Gasteiger charge is -2.23. The van der Waals surface area contributed by atoms with Crippen molar-refractivity contribution in [3.63, 3.8) is 0 Å². The molecule has 0 bridgehead atoms. The maximum absolute atomic E-state index is 13.4. The number of carbonyl (C=O) groups is 3. The normalized spacial score (nSPS) is 16.4. The highest BCUT2D eigenvalue weighted by molar-refractivity contribution is 7.17. The number of aliphatic hydroxyl groups excluding tert-OH is 1. The minimum atomic E-state index is -1.01. The van der Waals surface area contributed by atoms with Gasteiger partial charge in [-0.2, -0.15) is 0 Å². The third kappa shape index (κ3) is 5.60. The number of hydrogen-bond donors (Lipinski definition) is 1. The first kappa shape index (κ1) is 28.1. The summed E-state index contributed by atoms with van der Waals surface area (Å²) in [6, 6.07) is 10.7. The number of benzene rings is 2. The zero-order valence-electron chi connectivity index (χ0n) is 21.7. The number of ketones is 1. The molecule has 10 heteroatoms. The molecule has 1 aliphatic heterocycles. The Morgan fingerprint density at radius 3 is 2.56 bits per heavy atom. The summed E-state index contributed by atoms with van der Waals surface area (Å²) < 4.78 is 10.9. The van der Waals surface area contributed by atoms with Gasteiger partial charge >= 0.3 is 11.9 Å². The standard InChI is InChI=1S/C29H27ClN2O6S/c1-5-13-37-21-12-9-19(15-16(21)3)24(33)22-23(18-7-10-20(30)11-8-18)32(27(35)25(22)34)29-31-17(4)26(39-29)28(36)38-14-6-2/h6-12,15,23,33H,2,5,13-14H2,1,3-4H3/b24-22+. The van der Waals surface area contributed by atoms with Crippen LogP contribution < -0.4 is 9.64 Å². The number of thiazole rings is 1. The second-order valence-electron chi connectivity index (χ2n) is 8.85. The molecule has 1 aromatic heterocycles. The molecule has 202 valence electrons. The fraction of sp³-hybridized carbons (Fsp3) is 0.241. The van der Waals surface area contributed by atoms with Crippen molar-refractivity contribution in [1.82, 2.24) is 4.98 Å². The third-order valence-corrected chi connectivity index (χ3v) is 7.44. The van der Waals surface area contributed by atoms with Gasteiger partial charge in [-0.3, -0.25) is 14.5 Å². The van der Waals surface area contributed by atoms with Crippen LogP contribution in [0.5, 0.6) is 5.75 Å². The SMILES string of the molecule is C=CCOC(=O)c1sc(N2C(=O)C(=O)/C(=C(/O)c3ccc(OCCC)c(C)c3)C2c2ccc(Cl)cc2)nc1C. The molecule has 1 aliphatic rings. The Morgan fingerprint density at radius 2 is 1.92 bits per heavy atom. The van der Waals surface area contributed by atoms with E-state index in [9.17, 15) is 19.5 Å². The highest BCUT2D eigenvalue weighted by Gasteiger charge is 2.48. The van der Waals surface area contributed by atoms with Gasteiger partial charge in [-0.25, -0.2) is 9.78 Å². The first-order chi connectivity index (χ1) is 18.7. The second-order valence-corrected chi connectivity index (χ2v) is 10.3. The van der Waals surface area contributed by atoms with Crippen LogP contribution in [0.2, 0.25) is 5.02 Å². The minimum absolute atomic E-state index is 0.0164. The zero-order chi connectivity index (χ0) is 28.3. The molecule has 3 aromatic rings. The van der Waals surface area contributed by atoms with Crippen molar-refractivity contribution in [1.29, 1.82) is 0 Å². The molecule has 1 saturated heterocycles. The lowest BCUT2D eigenvalue weighted by molar-refractivity contribution is -0.132. The molecule has 1 unspecified atom stereocenters. The predicted octanol–water partition coefficient (Wildman–Crippen LogP) is 6.17. The largest absolute Gasteiger partial charge is 0.507 e. The van der Waals surface area contributed by atoms with E-state index in [4.69, 9.17) is 21.1 Å². The molecule has 4 rings (SSSR count). The van der Waals surface area contributed by atoms with Crippen molar-refractivity contribution in [2.45, 2.75) is 33.2 Å². The van der Waals surface area contributed by atoms with E-state index < -0.39 is 23.7 Å². The number of aromatic nitrogens is 1. The zero-order valence-corrected chi connectivity index (χ0v) is 23.3. The highest BCUT2D eigenvalue weighted by Crippen LogP contribution is 2.44. The third-order valence-electron chi connectivity index (χ3n) is 6.05. The second kappa shape index (κ2) is 11.8. The number of esters is 1. The summed E-state index contributed by atoms with van der Waals surface area (Å²) in [5, 5.41) is 12.0. The summed E-state index contributed by atoms with van der Waals surface area (Å²) >= 11 is 7.03. The Kier molecular flexibility index (Phi) is 8.52. The number of anilines is 1. The molecular weight excluding hydrogens is 540 g/mol. The summed E-state index contributed by atoms with van der Waals surface area (Å²) in [6.45, 7) is 9.55. The number of carbonyl (C=O) groups excluding carboxylic acids is 3. The van der Waals surface area contributed by atoms with E-state index >= 15 is 0 Å². The Labute approximate surface area is 235 Å². The van der Waals surface area contributed by atoms with Crippen molar-refractivity contribution in [3.05, 3.63) is 93.0 Å². The van der Waals surface area contributed by atoms with Gasteiger partial charge < -0.3 is 14.6 Å². The molecule has 0 radical (unpaired) electrons. The first-order valence-corrected chi connectivity index (χ1v) is 13.4. The van der Waals surface area contributed by atoms with E-state index in [0.29, 0.717) is 34.2 Å². The summed E-state index contributed by atoms with van der Waals surface area (Å²) in [5.74, 6) is -2.04. The van der Waals surface area contributed by atoms with Crippen molar-refractivity contribution in [3.8, 4) is 5.75 Å². The quantitative estimate of drug-likeness (QED) is 0.108. The number of ether oxygens (including phenoxy) is 2. The van der Waals surface area contributed by atoms with Crippen LogP contribution >= 0.6 is 22.9 Å². The number of amides is 1. The number of aryl methyl sites for hydroxylation is 2. The minimum Gasteiger partial charge on any atom is -0.507 e. The maximum atomic E-state index is 13.4. The molecule has 0 aliphatic carbocycles. The average Bonchev–Trinajstić information content (AvgIpc) is 3.43. The molecule has 0 saturated carbocycles. The molecule has 1 amide bonds. The highest BCUT2D eigenvalue weighted by atomic mass is 35.5. The smallest absolute Gasteiger partial charge is 0.350 e. The van der Waals surface area contributed by atoms with Crippen LogP contribution in [0, 0.1) is 13.8 Å². The van der Waals surface area contributed by atoms with E-state index in [1.165, 1.54) is 11.0 Å². The van der Waals surface area contributed by atoms with Crippen LogP contribution in [0.15, 0.2) is 60.7 Å². The van der Waals surface area contributed by atoms with E-state index in [1.54, 1.807) is 49.4 Å². The fourth-order valence-electron chi connectivity index (χ4n) is 4.19. The van der Waals surface area contributed by atoms with Gasteiger partial charge in [0.05, 0.1) is 23.9 Å². The molecule has 2 heterocycles.